The number of hydrogen-bond donors (Lipinski definition) is 2. The maximum Gasteiger partial charge on any atom is 0.251 e. The molecule has 0 radical (unpaired) electrons. The summed E-state index contributed by atoms with van der Waals surface area (Å²) in [5.41, 5.74) is 0.631. The fourth-order valence-electron chi connectivity index (χ4n) is 1.33. The Bertz CT molecular complexity index is 355. The van der Waals surface area contributed by atoms with Crippen LogP contribution in [0.3, 0.4) is 0 Å². The number of benzene rings is 1. The van der Waals surface area contributed by atoms with Crippen molar-refractivity contribution in [2.24, 2.45) is 0 Å². The van der Waals surface area contributed by atoms with Gasteiger partial charge in [0.15, 0.2) is 0 Å². The number of rotatable bonds is 7. The highest BCUT2D eigenvalue weighted by Gasteiger charge is 2.03. The molecule has 1 rings (SSSR count). The van der Waals surface area contributed by atoms with Gasteiger partial charge in [-0.2, -0.15) is 0 Å². The zero-order valence-corrected chi connectivity index (χ0v) is 11.0. The van der Waals surface area contributed by atoms with E-state index in [0.29, 0.717) is 18.7 Å². The van der Waals surface area contributed by atoms with E-state index in [9.17, 15) is 4.79 Å². The van der Waals surface area contributed by atoms with Gasteiger partial charge in [-0.15, -0.1) is 12.6 Å². The van der Waals surface area contributed by atoms with Gasteiger partial charge in [0, 0.05) is 23.6 Å². The normalized spacial score (nSPS) is 10.2. The van der Waals surface area contributed by atoms with E-state index in [1.54, 1.807) is 12.1 Å². The van der Waals surface area contributed by atoms with Crippen molar-refractivity contribution in [2.45, 2.75) is 24.7 Å². The molecule has 0 saturated heterocycles. The predicted octanol–water partition coefficient (Wildman–Crippen LogP) is 2.52. The Morgan fingerprint density at radius 3 is 2.94 bits per heavy atom. The highest BCUT2D eigenvalue weighted by atomic mass is 32.1. The summed E-state index contributed by atoms with van der Waals surface area (Å²) in [5, 5.41) is 2.81. The van der Waals surface area contributed by atoms with Crippen LogP contribution in [0.2, 0.25) is 0 Å². The lowest BCUT2D eigenvalue weighted by Crippen LogP contribution is -2.27. The standard InChI is InChI=1S/C13H19NO2S/c1-2-3-8-16-9-7-14-13(15)11-5-4-6-12(17)10-11/h4-6,10,17H,2-3,7-9H2,1H3,(H,14,15). The molecule has 0 aliphatic rings. The fraction of sp³-hybridized carbons (Fsp3) is 0.462. The summed E-state index contributed by atoms with van der Waals surface area (Å²) in [6.07, 6.45) is 2.19. The minimum Gasteiger partial charge on any atom is -0.380 e. The first-order valence-corrected chi connectivity index (χ1v) is 6.33. The lowest BCUT2D eigenvalue weighted by molar-refractivity contribution is 0.0912. The van der Waals surface area contributed by atoms with Gasteiger partial charge in [0.1, 0.15) is 0 Å². The van der Waals surface area contributed by atoms with Gasteiger partial charge in [0.05, 0.1) is 6.61 Å². The Morgan fingerprint density at radius 2 is 2.24 bits per heavy atom. The summed E-state index contributed by atoms with van der Waals surface area (Å²) in [6.45, 7) is 3.99. The Balaban J connectivity index is 2.21. The van der Waals surface area contributed by atoms with Crippen LogP contribution in [0, 0.1) is 0 Å². The summed E-state index contributed by atoms with van der Waals surface area (Å²) in [6, 6.07) is 7.17. The Morgan fingerprint density at radius 1 is 1.41 bits per heavy atom. The SMILES string of the molecule is CCCCOCCNC(=O)c1cccc(S)c1. The van der Waals surface area contributed by atoms with Crippen molar-refractivity contribution in [1.82, 2.24) is 5.32 Å². The maximum absolute atomic E-state index is 11.7. The molecule has 4 heteroatoms. The third-order valence-electron chi connectivity index (χ3n) is 2.28. The van der Waals surface area contributed by atoms with Crippen molar-refractivity contribution in [3.05, 3.63) is 29.8 Å². The number of thiol groups is 1. The van der Waals surface area contributed by atoms with E-state index >= 15 is 0 Å². The minimum absolute atomic E-state index is 0.0833. The number of unbranched alkanes of at least 4 members (excludes halogenated alkanes) is 1. The minimum atomic E-state index is -0.0833. The zero-order chi connectivity index (χ0) is 12.5. The van der Waals surface area contributed by atoms with E-state index in [4.69, 9.17) is 4.74 Å². The number of amides is 1. The first-order chi connectivity index (χ1) is 8.24. The number of ether oxygens (including phenoxy) is 1. The molecule has 1 amide bonds. The van der Waals surface area contributed by atoms with Crippen LogP contribution >= 0.6 is 12.6 Å². The molecule has 0 bridgehead atoms. The van der Waals surface area contributed by atoms with Crippen molar-refractivity contribution in [3.8, 4) is 0 Å². The van der Waals surface area contributed by atoms with E-state index in [0.717, 1.165) is 24.3 Å². The number of nitrogens with one attached hydrogen (secondary N) is 1. The second-order valence-corrected chi connectivity index (χ2v) is 4.29. The molecule has 0 aliphatic heterocycles. The average Bonchev–Trinajstić information content (AvgIpc) is 2.33. The molecule has 0 unspecified atom stereocenters. The molecular formula is C13H19NO2S. The first kappa shape index (κ1) is 14.1. The van der Waals surface area contributed by atoms with Crippen molar-refractivity contribution in [2.75, 3.05) is 19.8 Å². The van der Waals surface area contributed by atoms with Crippen LogP contribution in [0.4, 0.5) is 0 Å². The van der Waals surface area contributed by atoms with Gasteiger partial charge in [-0.1, -0.05) is 19.4 Å². The summed E-state index contributed by atoms with van der Waals surface area (Å²) in [5.74, 6) is -0.0833. The molecule has 1 N–H and O–H groups in total. The molecule has 0 fully saturated rings. The van der Waals surface area contributed by atoms with Gasteiger partial charge < -0.3 is 10.1 Å². The van der Waals surface area contributed by atoms with Crippen LogP contribution in [0.15, 0.2) is 29.2 Å². The van der Waals surface area contributed by atoms with Gasteiger partial charge in [0.25, 0.3) is 5.91 Å². The quantitative estimate of drug-likeness (QED) is 0.579. The van der Waals surface area contributed by atoms with Crippen LogP contribution in [0.5, 0.6) is 0 Å². The van der Waals surface area contributed by atoms with E-state index in [1.807, 2.05) is 12.1 Å². The molecule has 1 aromatic rings. The number of carbonyl (C=O) groups is 1. The van der Waals surface area contributed by atoms with Crippen molar-refractivity contribution >= 4 is 18.5 Å². The lowest BCUT2D eigenvalue weighted by atomic mass is 10.2. The third kappa shape index (κ3) is 5.75. The molecule has 0 spiro atoms. The number of hydrogen-bond acceptors (Lipinski definition) is 3. The van der Waals surface area contributed by atoms with Crippen molar-refractivity contribution in [3.63, 3.8) is 0 Å². The molecule has 0 heterocycles. The molecule has 1 aromatic carbocycles. The second kappa shape index (κ2) is 8.14. The van der Waals surface area contributed by atoms with E-state index in [1.165, 1.54) is 0 Å². The first-order valence-electron chi connectivity index (χ1n) is 5.89. The van der Waals surface area contributed by atoms with Crippen LogP contribution < -0.4 is 5.32 Å². The summed E-state index contributed by atoms with van der Waals surface area (Å²) in [4.78, 5) is 12.5. The highest BCUT2D eigenvalue weighted by Crippen LogP contribution is 2.08. The highest BCUT2D eigenvalue weighted by molar-refractivity contribution is 7.80. The van der Waals surface area contributed by atoms with E-state index in [2.05, 4.69) is 24.9 Å². The molecule has 0 aromatic heterocycles. The smallest absolute Gasteiger partial charge is 0.251 e. The Hall–Kier alpha value is -1.00. The molecule has 0 saturated carbocycles. The van der Waals surface area contributed by atoms with Crippen LogP contribution in [-0.4, -0.2) is 25.7 Å². The van der Waals surface area contributed by atoms with E-state index in [-0.39, 0.29) is 5.91 Å². The maximum atomic E-state index is 11.7. The second-order valence-electron chi connectivity index (χ2n) is 3.77. The average molecular weight is 253 g/mol. The van der Waals surface area contributed by atoms with Crippen LogP contribution in [0.25, 0.3) is 0 Å². The summed E-state index contributed by atoms with van der Waals surface area (Å²) in [7, 11) is 0. The van der Waals surface area contributed by atoms with Gasteiger partial charge in [-0.3, -0.25) is 4.79 Å². The van der Waals surface area contributed by atoms with Gasteiger partial charge in [-0.25, -0.2) is 0 Å². The van der Waals surface area contributed by atoms with Crippen molar-refractivity contribution in [1.29, 1.82) is 0 Å². The lowest BCUT2D eigenvalue weighted by Gasteiger charge is -2.06. The topological polar surface area (TPSA) is 38.3 Å². The fourth-order valence-corrected chi connectivity index (χ4v) is 1.56. The molecule has 17 heavy (non-hydrogen) atoms. The summed E-state index contributed by atoms with van der Waals surface area (Å²) >= 11 is 4.19. The Kier molecular flexibility index (Phi) is 6.74. The van der Waals surface area contributed by atoms with E-state index < -0.39 is 0 Å². The molecule has 0 atom stereocenters. The van der Waals surface area contributed by atoms with Crippen molar-refractivity contribution < 1.29 is 9.53 Å². The van der Waals surface area contributed by atoms with Gasteiger partial charge in [-0.05, 0) is 24.6 Å². The van der Waals surface area contributed by atoms with Crippen LogP contribution in [-0.2, 0) is 4.74 Å². The van der Waals surface area contributed by atoms with Crippen LogP contribution in [0.1, 0.15) is 30.1 Å². The molecule has 0 aliphatic carbocycles. The predicted molar refractivity (Wildman–Crippen MR) is 71.8 cm³/mol. The monoisotopic (exact) mass is 253 g/mol. The Labute approximate surface area is 108 Å². The zero-order valence-electron chi connectivity index (χ0n) is 10.1. The third-order valence-corrected chi connectivity index (χ3v) is 2.56. The molecular weight excluding hydrogens is 234 g/mol. The molecule has 94 valence electrons. The van der Waals surface area contributed by atoms with Gasteiger partial charge in [0.2, 0.25) is 0 Å². The molecule has 3 nitrogen and oxygen atoms in total. The number of carbonyl (C=O) groups excluding carboxylic acids is 1. The van der Waals surface area contributed by atoms with Gasteiger partial charge >= 0.3 is 0 Å². The summed E-state index contributed by atoms with van der Waals surface area (Å²) < 4.78 is 5.35. The largest absolute Gasteiger partial charge is 0.380 e.